The second kappa shape index (κ2) is 15.7. The number of nitrogens with one attached hydrogen (secondary N) is 1. The van der Waals surface area contributed by atoms with Crippen molar-refractivity contribution in [2.75, 3.05) is 0 Å². The monoisotopic (exact) mass is 620 g/mol. The zero-order valence-electron chi connectivity index (χ0n) is 26.4. The number of rotatable bonds is 8. The molecule has 2 fully saturated rings. The van der Waals surface area contributed by atoms with E-state index in [2.05, 4.69) is 5.32 Å². The molecule has 2 aliphatic carbocycles. The van der Waals surface area contributed by atoms with Gasteiger partial charge in [-0.15, -0.1) is 0 Å². The van der Waals surface area contributed by atoms with Gasteiger partial charge >= 0.3 is 11.9 Å². The van der Waals surface area contributed by atoms with Gasteiger partial charge in [-0.3, -0.25) is 9.59 Å². The van der Waals surface area contributed by atoms with E-state index in [1.807, 2.05) is 103 Å². The summed E-state index contributed by atoms with van der Waals surface area (Å²) in [7, 11) is 0. The first-order valence-corrected chi connectivity index (χ1v) is 16.4. The normalized spacial score (nSPS) is 16.7. The molecule has 0 atom stereocenters. The molecule has 6 rings (SSSR count). The molecule has 1 amide bonds. The predicted octanol–water partition coefficient (Wildman–Crippen LogP) is 7.41. The Labute approximate surface area is 271 Å². The maximum atomic E-state index is 13.2. The Morgan fingerprint density at radius 1 is 0.587 bits per heavy atom. The molecule has 2 aliphatic rings. The lowest BCUT2D eigenvalue weighted by atomic mass is 9.81. The number of carbonyl (C=O) groups is 3. The van der Waals surface area contributed by atoms with Crippen LogP contribution < -0.4 is 11.1 Å². The van der Waals surface area contributed by atoms with E-state index in [0.717, 1.165) is 66.8 Å². The van der Waals surface area contributed by atoms with Crippen LogP contribution in [0.25, 0.3) is 10.8 Å². The SMILES string of the molecule is NC1(C(=O)OCc2ccccc2)CCCCC1.O=C(NC1(C(=O)OCc2ccccc2)CCCCC1)c1cccc2ccccc12. The van der Waals surface area contributed by atoms with Crippen LogP contribution in [0.1, 0.15) is 85.7 Å². The maximum Gasteiger partial charge on any atom is 0.332 e. The summed E-state index contributed by atoms with van der Waals surface area (Å²) in [4.78, 5) is 38.2. The summed E-state index contributed by atoms with van der Waals surface area (Å²) in [6, 6.07) is 32.8. The van der Waals surface area contributed by atoms with Crippen molar-refractivity contribution in [3.63, 3.8) is 0 Å². The molecule has 0 unspecified atom stereocenters. The minimum absolute atomic E-state index is 0.214. The number of carbonyl (C=O) groups excluding carboxylic acids is 3. The molecule has 2 saturated carbocycles. The summed E-state index contributed by atoms with van der Waals surface area (Å²) in [6.45, 7) is 0.532. The molecular formula is C39H44N2O5. The van der Waals surface area contributed by atoms with Crippen molar-refractivity contribution in [3.8, 4) is 0 Å². The summed E-state index contributed by atoms with van der Waals surface area (Å²) in [5.41, 5.74) is 6.92. The molecule has 0 aromatic heterocycles. The fourth-order valence-corrected chi connectivity index (χ4v) is 6.36. The van der Waals surface area contributed by atoms with Crippen molar-refractivity contribution < 1.29 is 23.9 Å². The van der Waals surface area contributed by atoms with E-state index in [-0.39, 0.29) is 24.5 Å². The van der Waals surface area contributed by atoms with Crippen LogP contribution in [0, 0.1) is 0 Å². The lowest BCUT2D eigenvalue weighted by Crippen LogP contribution is -2.56. The van der Waals surface area contributed by atoms with Gasteiger partial charge in [-0.1, -0.05) is 136 Å². The molecule has 46 heavy (non-hydrogen) atoms. The number of hydrogen-bond donors (Lipinski definition) is 2. The van der Waals surface area contributed by atoms with Crippen LogP contribution in [0.4, 0.5) is 0 Å². The Morgan fingerprint density at radius 2 is 1.09 bits per heavy atom. The number of fused-ring (bicyclic) bond motifs is 1. The van der Waals surface area contributed by atoms with Crippen LogP contribution in [-0.2, 0) is 32.3 Å². The summed E-state index contributed by atoms with van der Waals surface area (Å²) in [6.07, 6.45) is 8.80. The molecule has 0 bridgehead atoms. The zero-order valence-corrected chi connectivity index (χ0v) is 26.4. The van der Waals surface area contributed by atoms with Gasteiger partial charge in [0.25, 0.3) is 5.91 Å². The number of benzene rings is 4. The Balaban J connectivity index is 0.000000209. The van der Waals surface area contributed by atoms with Gasteiger partial charge in [-0.2, -0.15) is 0 Å². The largest absolute Gasteiger partial charge is 0.459 e. The average molecular weight is 621 g/mol. The number of amides is 1. The Kier molecular flexibility index (Phi) is 11.2. The van der Waals surface area contributed by atoms with Crippen LogP contribution in [0.5, 0.6) is 0 Å². The van der Waals surface area contributed by atoms with Crippen LogP contribution in [0.15, 0.2) is 103 Å². The Hall–Kier alpha value is -4.49. The third-order valence-corrected chi connectivity index (χ3v) is 9.06. The van der Waals surface area contributed by atoms with E-state index in [1.165, 1.54) is 6.42 Å². The van der Waals surface area contributed by atoms with Gasteiger partial charge in [0.05, 0.1) is 0 Å². The molecule has 0 spiro atoms. The van der Waals surface area contributed by atoms with Crippen molar-refractivity contribution in [3.05, 3.63) is 120 Å². The highest BCUT2D eigenvalue weighted by atomic mass is 16.5. The van der Waals surface area contributed by atoms with Crippen molar-refractivity contribution in [2.24, 2.45) is 5.73 Å². The summed E-state index contributed by atoms with van der Waals surface area (Å²) < 4.78 is 10.9. The van der Waals surface area contributed by atoms with E-state index in [4.69, 9.17) is 15.2 Å². The molecule has 0 aliphatic heterocycles. The fourth-order valence-electron chi connectivity index (χ4n) is 6.36. The molecule has 3 N–H and O–H groups in total. The van der Waals surface area contributed by atoms with E-state index >= 15 is 0 Å². The zero-order chi connectivity index (χ0) is 32.2. The average Bonchev–Trinajstić information content (AvgIpc) is 3.11. The highest BCUT2D eigenvalue weighted by Gasteiger charge is 2.43. The Bertz CT molecular complexity index is 1590. The van der Waals surface area contributed by atoms with Crippen LogP contribution >= 0.6 is 0 Å². The standard InChI is InChI=1S/C25H25NO3.C14H19NO2/c27-23(22-15-9-13-20-12-5-6-14-21(20)22)26-25(16-7-2-8-17-25)24(28)29-18-19-10-3-1-4-11-19;15-14(9-5-2-6-10-14)13(16)17-11-12-7-3-1-4-8-12/h1,3-6,9-15H,2,7-8,16-18H2,(H,26,27);1,3-4,7-8H,2,5-6,9-11,15H2. The van der Waals surface area contributed by atoms with Gasteiger partial charge in [0.2, 0.25) is 0 Å². The topological polar surface area (TPSA) is 108 Å². The van der Waals surface area contributed by atoms with E-state index in [1.54, 1.807) is 0 Å². The van der Waals surface area contributed by atoms with Crippen molar-refractivity contribution >= 4 is 28.6 Å². The molecule has 4 aromatic rings. The van der Waals surface area contributed by atoms with Crippen molar-refractivity contribution in [2.45, 2.75) is 88.5 Å². The first-order valence-electron chi connectivity index (χ1n) is 16.4. The van der Waals surface area contributed by atoms with Crippen LogP contribution in [0.3, 0.4) is 0 Å². The lowest BCUT2D eigenvalue weighted by Gasteiger charge is -2.35. The highest BCUT2D eigenvalue weighted by Crippen LogP contribution is 2.31. The molecule has 7 nitrogen and oxygen atoms in total. The quantitative estimate of drug-likeness (QED) is 0.199. The molecule has 0 radical (unpaired) electrons. The van der Waals surface area contributed by atoms with Gasteiger partial charge < -0.3 is 20.5 Å². The first kappa shape index (κ1) is 32.9. The minimum atomic E-state index is -0.957. The van der Waals surface area contributed by atoms with Crippen molar-refractivity contribution in [1.82, 2.24) is 5.32 Å². The summed E-state index contributed by atoms with van der Waals surface area (Å²) in [5.74, 6) is -0.809. The Morgan fingerprint density at radius 3 is 1.70 bits per heavy atom. The van der Waals surface area contributed by atoms with Gasteiger partial charge in [0.15, 0.2) is 0 Å². The van der Waals surface area contributed by atoms with Gasteiger partial charge in [0.1, 0.15) is 24.3 Å². The number of ether oxygens (including phenoxy) is 2. The van der Waals surface area contributed by atoms with Gasteiger partial charge in [-0.25, -0.2) is 4.79 Å². The van der Waals surface area contributed by atoms with Gasteiger partial charge in [-0.05, 0) is 53.6 Å². The van der Waals surface area contributed by atoms with E-state index < -0.39 is 11.1 Å². The van der Waals surface area contributed by atoms with E-state index in [0.29, 0.717) is 25.0 Å². The van der Waals surface area contributed by atoms with Gasteiger partial charge in [0, 0.05) is 5.56 Å². The molecule has 4 aromatic carbocycles. The van der Waals surface area contributed by atoms with Crippen LogP contribution in [0.2, 0.25) is 0 Å². The second-order valence-electron chi connectivity index (χ2n) is 12.5. The molecule has 0 heterocycles. The third-order valence-electron chi connectivity index (χ3n) is 9.06. The lowest BCUT2D eigenvalue weighted by molar-refractivity contribution is -0.154. The number of nitrogens with two attached hydrogens (primary N) is 1. The molecule has 7 heteroatoms. The number of hydrogen-bond acceptors (Lipinski definition) is 6. The van der Waals surface area contributed by atoms with Crippen molar-refractivity contribution in [1.29, 1.82) is 0 Å². The smallest absolute Gasteiger partial charge is 0.332 e. The first-order chi connectivity index (χ1) is 22.4. The molecule has 0 saturated heterocycles. The molecular weight excluding hydrogens is 576 g/mol. The third kappa shape index (κ3) is 8.40. The molecule has 240 valence electrons. The summed E-state index contributed by atoms with van der Waals surface area (Å²) in [5, 5.41) is 4.95. The second-order valence-corrected chi connectivity index (χ2v) is 12.5. The highest BCUT2D eigenvalue weighted by molar-refractivity contribution is 6.08. The fraction of sp³-hybridized carbons (Fsp3) is 0.359. The summed E-state index contributed by atoms with van der Waals surface area (Å²) >= 11 is 0. The number of esters is 2. The van der Waals surface area contributed by atoms with Crippen LogP contribution in [-0.4, -0.2) is 28.9 Å². The minimum Gasteiger partial charge on any atom is -0.459 e. The van der Waals surface area contributed by atoms with E-state index in [9.17, 15) is 14.4 Å². The predicted molar refractivity (Wildman–Crippen MR) is 180 cm³/mol. The maximum absolute atomic E-state index is 13.2.